The maximum Gasteiger partial charge on any atom is 0.265 e. The third-order valence-electron chi connectivity index (χ3n) is 5.24. The Kier molecular flexibility index (Phi) is 8.30. The van der Waals surface area contributed by atoms with Crippen LogP contribution in [-0.2, 0) is 14.4 Å². The summed E-state index contributed by atoms with van der Waals surface area (Å²) in [5.41, 5.74) is 1.52. The van der Waals surface area contributed by atoms with E-state index in [1.165, 1.54) is 4.90 Å². The lowest BCUT2D eigenvalue weighted by Crippen LogP contribution is -2.43. The van der Waals surface area contributed by atoms with Gasteiger partial charge in [0.15, 0.2) is 6.61 Å². The van der Waals surface area contributed by atoms with E-state index in [1.54, 1.807) is 60.7 Å². The SMILES string of the molecule is O=C(CCCOc1ccc(Cl)cc1Cl)Nc1ccc2c(c1)N(CC(=O)Nc1ccccc1)C(=O)CO2. The van der Waals surface area contributed by atoms with Crippen molar-refractivity contribution in [2.24, 2.45) is 0 Å². The van der Waals surface area contributed by atoms with Crippen LogP contribution in [0.15, 0.2) is 66.7 Å². The standard InChI is InChI=1S/C26H23Cl2N3O5/c27-17-8-10-22(20(28)13-17)35-12-4-7-24(32)30-19-9-11-23-21(14-19)31(26(34)16-36-23)15-25(33)29-18-5-2-1-3-6-18/h1-3,5-6,8-11,13-14H,4,7,12,15-16H2,(H,29,33)(H,30,32). The minimum atomic E-state index is -0.354. The normalized spacial score (nSPS) is 12.4. The Labute approximate surface area is 218 Å². The summed E-state index contributed by atoms with van der Waals surface area (Å²) in [5.74, 6) is 0.0209. The number of halogens is 2. The summed E-state index contributed by atoms with van der Waals surface area (Å²) in [7, 11) is 0. The molecule has 1 heterocycles. The summed E-state index contributed by atoms with van der Waals surface area (Å²) >= 11 is 12.0. The van der Waals surface area contributed by atoms with Crippen molar-refractivity contribution in [2.75, 3.05) is 35.3 Å². The van der Waals surface area contributed by atoms with Gasteiger partial charge in [-0.05, 0) is 55.0 Å². The largest absolute Gasteiger partial charge is 0.492 e. The molecular formula is C26H23Cl2N3O5. The van der Waals surface area contributed by atoms with Gasteiger partial charge in [0.2, 0.25) is 11.8 Å². The number of hydrogen-bond donors (Lipinski definition) is 2. The highest BCUT2D eigenvalue weighted by Crippen LogP contribution is 2.34. The number of hydrogen-bond acceptors (Lipinski definition) is 5. The van der Waals surface area contributed by atoms with Crippen LogP contribution < -0.4 is 25.0 Å². The molecule has 3 aromatic carbocycles. The van der Waals surface area contributed by atoms with Gasteiger partial charge in [-0.25, -0.2) is 0 Å². The lowest BCUT2D eigenvalue weighted by molar-refractivity contribution is -0.123. The zero-order valence-corrected chi connectivity index (χ0v) is 20.6. The van der Waals surface area contributed by atoms with E-state index in [-0.39, 0.29) is 37.3 Å². The number of para-hydroxylation sites is 1. The molecule has 1 aliphatic rings. The Bertz CT molecular complexity index is 1270. The molecule has 3 amide bonds. The number of carbonyl (C=O) groups excluding carboxylic acids is 3. The van der Waals surface area contributed by atoms with Crippen molar-refractivity contribution < 1.29 is 23.9 Å². The van der Waals surface area contributed by atoms with Gasteiger partial charge in [0, 0.05) is 22.8 Å². The Morgan fingerprint density at radius 3 is 2.50 bits per heavy atom. The number of anilines is 3. The summed E-state index contributed by atoms with van der Waals surface area (Å²) in [5, 5.41) is 6.49. The molecule has 0 aliphatic carbocycles. The van der Waals surface area contributed by atoms with Crippen LogP contribution in [0.5, 0.6) is 11.5 Å². The molecule has 36 heavy (non-hydrogen) atoms. The first-order chi connectivity index (χ1) is 17.4. The van der Waals surface area contributed by atoms with E-state index in [9.17, 15) is 14.4 Å². The Morgan fingerprint density at radius 1 is 0.944 bits per heavy atom. The van der Waals surface area contributed by atoms with E-state index in [4.69, 9.17) is 32.7 Å². The van der Waals surface area contributed by atoms with Crippen LogP contribution in [0, 0.1) is 0 Å². The second-order valence-corrected chi connectivity index (χ2v) is 8.78. The fraction of sp³-hybridized carbons (Fsp3) is 0.192. The number of amides is 3. The van der Waals surface area contributed by atoms with E-state index in [0.29, 0.717) is 51.6 Å². The van der Waals surface area contributed by atoms with Crippen molar-refractivity contribution in [3.05, 3.63) is 76.8 Å². The second kappa shape index (κ2) is 11.8. The highest BCUT2D eigenvalue weighted by Gasteiger charge is 2.28. The predicted molar refractivity (Wildman–Crippen MR) is 139 cm³/mol. The van der Waals surface area contributed by atoms with Gasteiger partial charge in [0.25, 0.3) is 5.91 Å². The highest BCUT2D eigenvalue weighted by atomic mass is 35.5. The molecular weight excluding hydrogens is 505 g/mol. The van der Waals surface area contributed by atoms with Crippen molar-refractivity contribution >= 4 is 58.0 Å². The smallest absolute Gasteiger partial charge is 0.265 e. The van der Waals surface area contributed by atoms with Gasteiger partial charge in [-0.2, -0.15) is 0 Å². The summed E-state index contributed by atoms with van der Waals surface area (Å²) in [6, 6.07) is 18.9. The second-order valence-electron chi connectivity index (χ2n) is 7.94. The topological polar surface area (TPSA) is 97.0 Å². The van der Waals surface area contributed by atoms with Gasteiger partial charge >= 0.3 is 0 Å². The first-order valence-corrected chi connectivity index (χ1v) is 11.9. The predicted octanol–water partition coefficient (Wildman–Crippen LogP) is 5.16. The summed E-state index contributed by atoms with van der Waals surface area (Å²) < 4.78 is 11.1. The van der Waals surface area contributed by atoms with Crippen molar-refractivity contribution in [2.45, 2.75) is 12.8 Å². The molecule has 186 valence electrons. The Morgan fingerprint density at radius 2 is 1.72 bits per heavy atom. The zero-order valence-electron chi connectivity index (χ0n) is 19.1. The number of rotatable bonds is 9. The number of nitrogens with one attached hydrogen (secondary N) is 2. The van der Waals surface area contributed by atoms with E-state index < -0.39 is 0 Å². The van der Waals surface area contributed by atoms with E-state index in [1.807, 2.05) is 6.07 Å². The van der Waals surface area contributed by atoms with Gasteiger partial charge in [0.05, 0.1) is 17.3 Å². The van der Waals surface area contributed by atoms with Crippen LogP contribution in [-0.4, -0.2) is 37.5 Å². The van der Waals surface area contributed by atoms with Crippen LogP contribution >= 0.6 is 23.2 Å². The van der Waals surface area contributed by atoms with Gasteiger partial charge in [-0.15, -0.1) is 0 Å². The average molecular weight is 528 g/mol. The fourth-order valence-corrected chi connectivity index (χ4v) is 4.01. The van der Waals surface area contributed by atoms with Crippen LogP contribution in [0.1, 0.15) is 12.8 Å². The molecule has 2 N–H and O–H groups in total. The Hall–Kier alpha value is -3.75. The molecule has 8 nitrogen and oxygen atoms in total. The molecule has 4 rings (SSSR count). The minimum absolute atomic E-state index is 0.172. The number of fused-ring (bicyclic) bond motifs is 1. The fourth-order valence-electron chi connectivity index (χ4n) is 3.55. The molecule has 0 aromatic heterocycles. The van der Waals surface area contributed by atoms with Gasteiger partial charge in [-0.1, -0.05) is 41.4 Å². The lowest BCUT2D eigenvalue weighted by Gasteiger charge is -2.29. The number of ether oxygens (including phenoxy) is 2. The molecule has 1 aliphatic heterocycles. The van der Waals surface area contributed by atoms with Crippen molar-refractivity contribution in [3.8, 4) is 11.5 Å². The molecule has 0 saturated carbocycles. The van der Waals surface area contributed by atoms with Gasteiger partial charge in [-0.3, -0.25) is 19.3 Å². The number of carbonyl (C=O) groups is 3. The molecule has 10 heteroatoms. The third kappa shape index (κ3) is 6.68. The lowest BCUT2D eigenvalue weighted by atomic mass is 10.2. The van der Waals surface area contributed by atoms with E-state index in [0.717, 1.165) is 0 Å². The molecule has 0 atom stereocenters. The van der Waals surface area contributed by atoms with Gasteiger partial charge in [0.1, 0.15) is 18.0 Å². The molecule has 0 bridgehead atoms. The van der Waals surface area contributed by atoms with Crippen LogP contribution in [0.2, 0.25) is 10.0 Å². The minimum Gasteiger partial charge on any atom is -0.492 e. The Balaban J connectivity index is 1.33. The monoisotopic (exact) mass is 527 g/mol. The van der Waals surface area contributed by atoms with E-state index >= 15 is 0 Å². The highest BCUT2D eigenvalue weighted by molar-refractivity contribution is 6.35. The molecule has 0 saturated heterocycles. The maximum absolute atomic E-state index is 12.5. The zero-order chi connectivity index (χ0) is 25.5. The third-order valence-corrected chi connectivity index (χ3v) is 5.78. The molecule has 0 fully saturated rings. The molecule has 0 radical (unpaired) electrons. The molecule has 3 aromatic rings. The maximum atomic E-state index is 12.5. The van der Waals surface area contributed by atoms with Gasteiger partial charge < -0.3 is 20.1 Å². The number of nitrogens with zero attached hydrogens (tertiary/aromatic N) is 1. The molecule has 0 spiro atoms. The molecule has 0 unspecified atom stereocenters. The summed E-state index contributed by atoms with van der Waals surface area (Å²) in [6.07, 6.45) is 0.671. The average Bonchev–Trinajstić information content (AvgIpc) is 2.85. The quantitative estimate of drug-likeness (QED) is 0.375. The summed E-state index contributed by atoms with van der Waals surface area (Å²) in [4.78, 5) is 38.8. The first kappa shape index (κ1) is 25.3. The van der Waals surface area contributed by atoms with Crippen LogP contribution in [0.25, 0.3) is 0 Å². The first-order valence-electron chi connectivity index (χ1n) is 11.2. The van der Waals surface area contributed by atoms with Crippen molar-refractivity contribution in [3.63, 3.8) is 0 Å². The summed E-state index contributed by atoms with van der Waals surface area (Å²) in [6.45, 7) is -0.0628. The van der Waals surface area contributed by atoms with Crippen molar-refractivity contribution in [1.82, 2.24) is 0 Å². The van der Waals surface area contributed by atoms with Crippen molar-refractivity contribution in [1.29, 1.82) is 0 Å². The van der Waals surface area contributed by atoms with Crippen LogP contribution in [0.3, 0.4) is 0 Å². The van der Waals surface area contributed by atoms with Crippen LogP contribution in [0.4, 0.5) is 17.1 Å². The van der Waals surface area contributed by atoms with E-state index in [2.05, 4.69) is 10.6 Å². The number of benzene rings is 3.